The molecule has 3 aliphatic heterocycles. The van der Waals surface area contributed by atoms with Crippen molar-refractivity contribution in [3.8, 4) is 0 Å². The number of rotatable bonds is 6. The fourth-order valence-corrected chi connectivity index (χ4v) is 5.46. The van der Waals surface area contributed by atoms with Gasteiger partial charge < -0.3 is 20.9 Å². The van der Waals surface area contributed by atoms with Crippen LogP contribution in [0.4, 0.5) is 11.4 Å². The standard InChI is InChI=1S/C21H34ClN9O2/c1-28-5-6-30-7-8-31(13-15(30)12-28)17-3-4-24-10-16(17)26-21(32)18(19(23)27-33)20-25-9-14(22)11-29(20)2/h3-4,10,14-15,18-20,25H,5-9,11-13,23H2,1-2H3,(H,26,32). The molecule has 5 atom stereocenters. The van der Waals surface area contributed by atoms with Crippen molar-refractivity contribution >= 4 is 28.9 Å². The summed E-state index contributed by atoms with van der Waals surface area (Å²) in [5.74, 6) is -1.25. The zero-order valence-electron chi connectivity index (χ0n) is 19.2. The normalized spacial score (nSPS) is 29.2. The van der Waals surface area contributed by atoms with Gasteiger partial charge in [0.05, 0.1) is 29.1 Å². The summed E-state index contributed by atoms with van der Waals surface area (Å²) in [4.78, 5) is 38.1. The van der Waals surface area contributed by atoms with E-state index in [2.05, 4.69) is 42.5 Å². The molecule has 1 aromatic heterocycles. The second kappa shape index (κ2) is 10.6. The number of nitrogens with one attached hydrogen (secondary N) is 2. The van der Waals surface area contributed by atoms with Gasteiger partial charge >= 0.3 is 0 Å². The number of fused-ring (bicyclic) bond motifs is 1. The zero-order chi connectivity index (χ0) is 23.5. The van der Waals surface area contributed by atoms with Crippen molar-refractivity contribution in [2.75, 3.05) is 76.7 Å². The van der Waals surface area contributed by atoms with Crippen LogP contribution in [0.1, 0.15) is 0 Å². The highest BCUT2D eigenvalue weighted by molar-refractivity contribution is 6.21. The van der Waals surface area contributed by atoms with Crippen LogP contribution in [0.5, 0.6) is 0 Å². The van der Waals surface area contributed by atoms with Gasteiger partial charge in [0.2, 0.25) is 5.91 Å². The van der Waals surface area contributed by atoms with Crippen LogP contribution in [0.15, 0.2) is 23.6 Å². The number of hydrogen-bond donors (Lipinski definition) is 3. The summed E-state index contributed by atoms with van der Waals surface area (Å²) >= 11 is 6.23. The summed E-state index contributed by atoms with van der Waals surface area (Å²) in [6.07, 6.45) is 1.74. The number of carbonyl (C=O) groups excluding carboxylic acids is 1. The van der Waals surface area contributed by atoms with Gasteiger partial charge in [-0.3, -0.25) is 24.9 Å². The molecule has 5 unspecified atom stereocenters. The van der Waals surface area contributed by atoms with Crippen LogP contribution in [0.25, 0.3) is 0 Å². The average Bonchev–Trinajstić information content (AvgIpc) is 2.80. The van der Waals surface area contributed by atoms with Crippen LogP contribution in [0.2, 0.25) is 0 Å². The smallest absolute Gasteiger partial charge is 0.234 e. The third kappa shape index (κ3) is 5.44. The van der Waals surface area contributed by atoms with E-state index in [0.717, 1.165) is 45.0 Å². The molecule has 4 heterocycles. The number of anilines is 2. The number of piperazine rings is 2. The summed E-state index contributed by atoms with van der Waals surface area (Å²) in [5.41, 5.74) is 7.52. The number of nitrogens with zero attached hydrogens (tertiary/aromatic N) is 6. The van der Waals surface area contributed by atoms with Crippen LogP contribution in [-0.2, 0) is 4.79 Å². The molecule has 0 saturated carbocycles. The SMILES string of the molecule is CN1CCN2CCN(c3ccncc3NC(=O)C(C(N)N=O)C3NCC(Cl)CN3C)CC2C1. The molecule has 33 heavy (non-hydrogen) atoms. The lowest BCUT2D eigenvalue weighted by Crippen LogP contribution is -2.62. The van der Waals surface area contributed by atoms with E-state index in [-0.39, 0.29) is 11.3 Å². The Morgan fingerprint density at radius 2 is 2.06 bits per heavy atom. The summed E-state index contributed by atoms with van der Waals surface area (Å²) in [6, 6.07) is 2.37. The van der Waals surface area contributed by atoms with Gasteiger partial charge in [-0.1, -0.05) is 5.18 Å². The summed E-state index contributed by atoms with van der Waals surface area (Å²) in [5, 5.41) is 9.11. The topological polar surface area (TPSA) is 122 Å². The highest BCUT2D eigenvalue weighted by atomic mass is 35.5. The minimum Gasteiger partial charge on any atom is -0.367 e. The van der Waals surface area contributed by atoms with Crippen LogP contribution >= 0.6 is 11.6 Å². The van der Waals surface area contributed by atoms with E-state index in [1.807, 2.05) is 18.0 Å². The maximum absolute atomic E-state index is 13.4. The maximum Gasteiger partial charge on any atom is 0.234 e. The fraction of sp³-hybridized carbons (Fsp3) is 0.714. The number of nitrogens with two attached hydrogens (primary N) is 1. The first kappa shape index (κ1) is 24.2. The highest BCUT2D eigenvalue weighted by Gasteiger charge is 2.40. The number of pyridine rings is 1. The van der Waals surface area contributed by atoms with Gasteiger partial charge in [0.1, 0.15) is 5.92 Å². The van der Waals surface area contributed by atoms with E-state index in [0.29, 0.717) is 24.8 Å². The average molecular weight is 480 g/mol. The van der Waals surface area contributed by atoms with Gasteiger partial charge in [0, 0.05) is 64.6 Å². The van der Waals surface area contributed by atoms with E-state index in [1.165, 1.54) is 0 Å². The maximum atomic E-state index is 13.4. The first-order valence-electron chi connectivity index (χ1n) is 11.5. The molecule has 3 aliphatic rings. The van der Waals surface area contributed by atoms with Crippen molar-refractivity contribution < 1.29 is 4.79 Å². The molecular weight excluding hydrogens is 446 g/mol. The molecule has 0 radical (unpaired) electrons. The lowest BCUT2D eigenvalue weighted by Gasteiger charge is -2.47. The Morgan fingerprint density at radius 1 is 1.27 bits per heavy atom. The van der Waals surface area contributed by atoms with Gasteiger partial charge in [-0.2, -0.15) is 0 Å². The Morgan fingerprint density at radius 3 is 2.82 bits per heavy atom. The second-order valence-electron chi connectivity index (χ2n) is 9.29. The van der Waals surface area contributed by atoms with Crippen LogP contribution in [0.3, 0.4) is 0 Å². The number of carbonyl (C=O) groups is 1. The number of likely N-dealkylation sites (N-methyl/N-ethyl adjacent to an activating group) is 1. The first-order chi connectivity index (χ1) is 15.9. The third-order valence-corrected chi connectivity index (χ3v) is 7.23. The largest absolute Gasteiger partial charge is 0.367 e. The number of alkyl halides is 1. The van der Waals surface area contributed by atoms with Crippen LogP contribution < -0.4 is 21.3 Å². The fourth-order valence-electron chi connectivity index (χ4n) is 5.15. The van der Waals surface area contributed by atoms with Crippen LogP contribution in [-0.4, -0.2) is 116 Å². The Hall–Kier alpha value is -1.89. The van der Waals surface area contributed by atoms with Gasteiger partial charge in [0.15, 0.2) is 6.17 Å². The molecule has 0 bridgehead atoms. The molecule has 182 valence electrons. The van der Waals surface area contributed by atoms with Crippen molar-refractivity contribution in [2.24, 2.45) is 16.8 Å². The lowest BCUT2D eigenvalue weighted by atomic mass is 9.98. The number of halogens is 1. The number of nitroso groups, excluding NO2 is 1. The Balaban J connectivity index is 1.51. The molecule has 4 rings (SSSR count). The summed E-state index contributed by atoms with van der Waals surface area (Å²) < 4.78 is 0. The first-order valence-corrected chi connectivity index (χ1v) is 11.9. The quantitative estimate of drug-likeness (QED) is 0.369. The van der Waals surface area contributed by atoms with E-state index < -0.39 is 18.2 Å². The van der Waals surface area contributed by atoms with Crippen molar-refractivity contribution in [1.29, 1.82) is 0 Å². The molecule has 0 spiro atoms. The molecule has 1 amide bonds. The molecule has 3 saturated heterocycles. The Bertz CT molecular complexity index is 846. The van der Waals surface area contributed by atoms with E-state index in [9.17, 15) is 9.70 Å². The number of aromatic nitrogens is 1. The summed E-state index contributed by atoms with van der Waals surface area (Å²) in [7, 11) is 4.00. The van der Waals surface area contributed by atoms with Crippen molar-refractivity contribution in [3.63, 3.8) is 0 Å². The molecule has 11 nitrogen and oxygen atoms in total. The highest BCUT2D eigenvalue weighted by Crippen LogP contribution is 2.29. The molecule has 0 aromatic carbocycles. The number of hydrogen-bond acceptors (Lipinski definition) is 10. The minimum absolute atomic E-state index is 0.0854. The number of amides is 1. The van der Waals surface area contributed by atoms with E-state index >= 15 is 0 Å². The van der Waals surface area contributed by atoms with Gasteiger partial charge in [-0.25, -0.2) is 0 Å². The van der Waals surface area contributed by atoms with Gasteiger partial charge in [-0.15, -0.1) is 16.5 Å². The lowest BCUT2D eigenvalue weighted by molar-refractivity contribution is -0.123. The van der Waals surface area contributed by atoms with Crippen molar-refractivity contribution in [1.82, 2.24) is 25.0 Å². The monoisotopic (exact) mass is 479 g/mol. The van der Waals surface area contributed by atoms with Gasteiger partial charge in [-0.05, 0) is 20.2 Å². The Kier molecular flexibility index (Phi) is 7.77. The predicted molar refractivity (Wildman–Crippen MR) is 129 cm³/mol. The van der Waals surface area contributed by atoms with Crippen molar-refractivity contribution in [2.45, 2.75) is 23.8 Å². The second-order valence-corrected chi connectivity index (χ2v) is 9.91. The van der Waals surface area contributed by atoms with E-state index in [4.69, 9.17) is 17.3 Å². The minimum atomic E-state index is -1.20. The molecule has 0 aliphatic carbocycles. The van der Waals surface area contributed by atoms with E-state index in [1.54, 1.807) is 12.4 Å². The third-order valence-electron chi connectivity index (χ3n) is 6.93. The molecule has 4 N–H and O–H groups in total. The van der Waals surface area contributed by atoms with Crippen molar-refractivity contribution in [3.05, 3.63) is 23.4 Å². The van der Waals surface area contributed by atoms with Crippen LogP contribution in [0, 0.1) is 10.8 Å². The molecule has 1 aromatic rings. The molecule has 3 fully saturated rings. The predicted octanol–water partition coefficient (Wildman–Crippen LogP) is -0.408. The summed E-state index contributed by atoms with van der Waals surface area (Å²) in [6.45, 7) is 7.01. The van der Waals surface area contributed by atoms with Gasteiger partial charge in [0.25, 0.3) is 0 Å². The zero-order valence-corrected chi connectivity index (χ0v) is 20.0. The molecular formula is C21H34ClN9O2. The Labute approximate surface area is 199 Å². The molecule has 12 heteroatoms.